The van der Waals surface area contributed by atoms with Gasteiger partial charge in [-0.2, -0.15) is 0 Å². The number of carbonyl (C=O) groups excluding carboxylic acids is 3. The highest BCUT2D eigenvalue weighted by Crippen LogP contribution is 2.13. The zero-order valence-corrected chi connectivity index (χ0v) is 47.7. The molecule has 0 rings (SSSR count). The molecular formula is C69H106O6. The van der Waals surface area contributed by atoms with E-state index in [-0.39, 0.29) is 37.5 Å². The third-order valence-corrected chi connectivity index (χ3v) is 11.7. The van der Waals surface area contributed by atoms with Gasteiger partial charge in [0.15, 0.2) is 6.10 Å². The van der Waals surface area contributed by atoms with Crippen LogP contribution in [0.1, 0.15) is 226 Å². The van der Waals surface area contributed by atoms with Crippen LogP contribution in [0.15, 0.2) is 170 Å². The summed E-state index contributed by atoms with van der Waals surface area (Å²) in [6, 6.07) is 0. The molecule has 1 atom stereocenters. The van der Waals surface area contributed by atoms with Crippen LogP contribution in [0.4, 0.5) is 0 Å². The zero-order chi connectivity index (χ0) is 54.3. The first-order chi connectivity index (χ1) is 37.0. The lowest BCUT2D eigenvalue weighted by Crippen LogP contribution is -2.30. The molecule has 0 aliphatic rings. The van der Waals surface area contributed by atoms with Crippen LogP contribution in [0.2, 0.25) is 0 Å². The van der Waals surface area contributed by atoms with E-state index in [1.54, 1.807) is 0 Å². The molecule has 0 aromatic rings. The maximum atomic E-state index is 12.9. The maximum Gasteiger partial charge on any atom is 0.306 e. The highest BCUT2D eigenvalue weighted by atomic mass is 16.6. The van der Waals surface area contributed by atoms with Gasteiger partial charge in [-0.1, -0.05) is 236 Å². The van der Waals surface area contributed by atoms with Crippen molar-refractivity contribution < 1.29 is 28.6 Å². The van der Waals surface area contributed by atoms with Crippen LogP contribution < -0.4 is 0 Å². The van der Waals surface area contributed by atoms with Crippen molar-refractivity contribution >= 4 is 17.9 Å². The first-order valence-electron chi connectivity index (χ1n) is 29.6. The topological polar surface area (TPSA) is 78.9 Å². The van der Waals surface area contributed by atoms with Crippen molar-refractivity contribution in [3.8, 4) is 0 Å². The Morgan fingerprint density at radius 1 is 0.267 bits per heavy atom. The molecule has 0 aliphatic heterocycles. The average Bonchev–Trinajstić information content (AvgIpc) is 3.41. The Balaban J connectivity index is 4.52. The van der Waals surface area contributed by atoms with E-state index in [4.69, 9.17) is 14.2 Å². The van der Waals surface area contributed by atoms with Gasteiger partial charge in [0.1, 0.15) is 13.2 Å². The minimum atomic E-state index is -0.832. The number of esters is 3. The van der Waals surface area contributed by atoms with Crippen molar-refractivity contribution in [2.75, 3.05) is 13.2 Å². The molecule has 0 N–H and O–H groups in total. The summed E-state index contributed by atoms with van der Waals surface area (Å²) < 4.78 is 16.8. The standard InChI is InChI=1S/C69H106O6/c1-4-7-10-13-16-19-22-25-28-30-31-32-33-34-35-36-37-39-41-44-47-50-53-56-59-62-68(71)74-65-66(64-73-67(70)61-58-55-52-49-46-43-40-27-24-21-18-15-12-9-6-3)75-69(72)63-60-57-54-51-48-45-42-38-29-26-23-20-17-14-11-8-5-2/h7-12,16-21,25-29,31-32,34-35,37,39-40,42,45,51,54,66H,4-6,13-15,22-24,30,33,36,38,41,43-44,46-50,52-53,55-65H2,1-3H3/b10-7-,11-8-,12-9-,19-16-,20-17-,21-18-,28-25-,29-26-,32-31-,35-34-,39-37-,40-27-,45-42-,54-51-. The molecule has 0 spiro atoms. The number of hydrogen-bond donors (Lipinski definition) is 0. The Morgan fingerprint density at radius 2 is 0.493 bits per heavy atom. The molecule has 0 fully saturated rings. The van der Waals surface area contributed by atoms with Gasteiger partial charge in [-0.3, -0.25) is 14.4 Å². The summed E-state index contributed by atoms with van der Waals surface area (Å²) >= 11 is 0. The SMILES string of the molecule is CC/C=C\C/C=C\C/C=C\C/C=C\C/C=C\C/C=C\CCCCCCCCC(=O)OCC(COC(=O)CCCCCCC/C=C\C/C=C\C/C=C\CC)OC(=O)CCC/C=C\C/C=C\C/C=C\C/C=C\C/C=C\CC. The number of allylic oxidation sites excluding steroid dienone is 28. The van der Waals surface area contributed by atoms with Gasteiger partial charge >= 0.3 is 17.9 Å². The molecule has 0 radical (unpaired) electrons. The molecule has 0 heterocycles. The molecule has 0 saturated heterocycles. The summed E-state index contributed by atoms with van der Waals surface area (Å²) in [5, 5.41) is 0. The van der Waals surface area contributed by atoms with E-state index in [1.807, 2.05) is 0 Å². The number of unbranched alkanes of at least 4 members (excludes halogenated alkanes) is 12. The molecular weight excluding hydrogens is 925 g/mol. The Bertz CT molecular complexity index is 1750. The highest BCUT2D eigenvalue weighted by Gasteiger charge is 2.19. The van der Waals surface area contributed by atoms with Gasteiger partial charge in [0.2, 0.25) is 0 Å². The number of rotatable bonds is 51. The van der Waals surface area contributed by atoms with Gasteiger partial charge in [0, 0.05) is 19.3 Å². The fraction of sp³-hybridized carbons (Fsp3) is 0.551. The summed E-state index contributed by atoms with van der Waals surface area (Å²) in [5.74, 6) is -1.02. The number of carbonyl (C=O) groups is 3. The summed E-state index contributed by atoms with van der Waals surface area (Å²) in [7, 11) is 0. The summed E-state index contributed by atoms with van der Waals surface area (Å²) in [6.45, 7) is 6.21. The minimum absolute atomic E-state index is 0.123. The van der Waals surface area contributed by atoms with Crippen LogP contribution in [0.5, 0.6) is 0 Å². The van der Waals surface area contributed by atoms with E-state index >= 15 is 0 Å². The Hall–Kier alpha value is -5.23. The molecule has 0 aliphatic carbocycles. The molecule has 6 heteroatoms. The zero-order valence-electron chi connectivity index (χ0n) is 47.7. The molecule has 1 unspecified atom stereocenters. The van der Waals surface area contributed by atoms with Gasteiger partial charge in [-0.25, -0.2) is 0 Å². The Labute approximate surface area is 460 Å². The van der Waals surface area contributed by atoms with Gasteiger partial charge in [0.25, 0.3) is 0 Å². The molecule has 0 aromatic heterocycles. The minimum Gasteiger partial charge on any atom is -0.462 e. The van der Waals surface area contributed by atoms with Crippen molar-refractivity contribution in [3.63, 3.8) is 0 Å². The van der Waals surface area contributed by atoms with Crippen LogP contribution in [-0.2, 0) is 28.6 Å². The summed E-state index contributed by atoms with van der Waals surface area (Å²) in [5.41, 5.74) is 0. The van der Waals surface area contributed by atoms with Crippen molar-refractivity contribution in [2.24, 2.45) is 0 Å². The van der Waals surface area contributed by atoms with E-state index in [0.717, 1.165) is 167 Å². The molecule has 6 nitrogen and oxygen atoms in total. The fourth-order valence-corrected chi connectivity index (χ4v) is 7.38. The smallest absolute Gasteiger partial charge is 0.306 e. The lowest BCUT2D eigenvalue weighted by Gasteiger charge is -2.18. The van der Waals surface area contributed by atoms with E-state index in [2.05, 4.69) is 191 Å². The van der Waals surface area contributed by atoms with Crippen molar-refractivity contribution in [2.45, 2.75) is 232 Å². The average molecular weight is 1030 g/mol. The lowest BCUT2D eigenvalue weighted by atomic mass is 10.1. The van der Waals surface area contributed by atoms with Crippen molar-refractivity contribution in [3.05, 3.63) is 170 Å². The first kappa shape index (κ1) is 69.8. The third-order valence-electron chi connectivity index (χ3n) is 11.7. The van der Waals surface area contributed by atoms with Crippen LogP contribution in [0.25, 0.3) is 0 Å². The highest BCUT2D eigenvalue weighted by molar-refractivity contribution is 5.71. The number of hydrogen-bond acceptors (Lipinski definition) is 6. The molecule has 0 aromatic carbocycles. The van der Waals surface area contributed by atoms with Crippen LogP contribution >= 0.6 is 0 Å². The normalized spacial score (nSPS) is 13.4. The van der Waals surface area contributed by atoms with E-state index in [0.29, 0.717) is 19.3 Å². The van der Waals surface area contributed by atoms with Gasteiger partial charge in [-0.15, -0.1) is 0 Å². The molecule has 0 amide bonds. The van der Waals surface area contributed by atoms with Gasteiger partial charge < -0.3 is 14.2 Å². The van der Waals surface area contributed by atoms with Crippen molar-refractivity contribution in [1.29, 1.82) is 0 Å². The molecule has 418 valence electrons. The monoisotopic (exact) mass is 1030 g/mol. The first-order valence-corrected chi connectivity index (χ1v) is 29.6. The van der Waals surface area contributed by atoms with Crippen LogP contribution in [-0.4, -0.2) is 37.2 Å². The quantitative estimate of drug-likeness (QED) is 0.0261. The lowest BCUT2D eigenvalue weighted by molar-refractivity contribution is -0.167. The second kappa shape index (κ2) is 61.3. The summed E-state index contributed by atoms with van der Waals surface area (Å²) in [4.78, 5) is 38.2. The van der Waals surface area contributed by atoms with E-state index in [9.17, 15) is 14.4 Å². The van der Waals surface area contributed by atoms with Crippen LogP contribution in [0, 0.1) is 0 Å². The van der Waals surface area contributed by atoms with E-state index in [1.165, 1.54) is 12.8 Å². The second-order valence-electron chi connectivity index (χ2n) is 18.8. The molecule has 0 bridgehead atoms. The molecule has 75 heavy (non-hydrogen) atoms. The summed E-state index contributed by atoms with van der Waals surface area (Å²) in [6.07, 6.45) is 90.6. The molecule has 0 saturated carbocycles. The van der Waals surface area contributed by atoms with E-state index < -0.39 is 6.10 Å². The maximum absolute atomic E-state index is 12.9. The second-order valence-corrected chi connectivity index (χ2v) is 18.8. The Kier molecular flexibility index (Phi) is 57.0. The predicted octanol–water partition coefficient (Wildman–Crippen LogP) is 20.3. The van der Waals surface area contributed by atoms with Crippen molar-refractivity contribution in [1.82, 2.24) is 0 Å². The van der Waals surface area contributed by atoms with Gasteiger partial charge in [-0.05, 0) is 141 Å². The largest absolute Gasteiger partial charge is 0.462 e. The predicted molar refractivity (Wildman–Crippen MR) is 325 cm³/mol. The number of ether oxygens (including phenoxy) is 3. The Morgan fingerprint density at radius 3 is 0.787 bits per heavy atom. The fourth-order valence-electron chi connectivity index (χ4n) is 7.38. The van der Waals surface area contributed by atoms with Gasteiger partial charge in [0.05, 0.1) is 0 Å². The third kappa shape index (κ3) is 59.5. The van der Waals surface area contributed by atoms with Crippen LogP contribution in [0.3, 0.4) is 0 Å².